The molecule has 142 valence electrons. The lowest BCUT2D eigenvalue weighted by Crippen LogP contribution is -2.42. The number of piperidine rings is 1. The number of carbonyl (C=O) groups is 1. The van der Waals surface area contributed by atoms with Crippen molar-refractivity contribution in [3.05, 3.63) is 35.8 Å². The maximum atomic E-state index is 11.9. The van der Waals surface area contributed by atoms with Crippen LogP contribution in [0.3, 0.4) is 0 Å². The van der Waals surface area contributed by atoms with Crippen molar-refractivity contribution in [2.45, 2.75) is 38.8 Å². The predicted molar refractivity (Wildman–Crippen MR) is 102 cm³/mol. The molecule has 0 radical (unpaired) electrons. The molecule has 2 aromatic rings. The monoisotopic (exact) mass is 367 g/mol. The van der Waals surface area contributed by atoms with Gasteiger partial charge < -0.3 is 14.5 Å². The second-order valence-electron chi connectivity index (χ2n) is 7.17. The van der Waals surface area contributed by atoms with Gasteiger partial charge in [0.05, 0.1) is 18.3 Å². The quantitative estimate of drug-likeness (QED) is 0.827. The fourth-order valence-corrected chi connectivity index (χ4v) is 3.89. The van der Waals surface area contributed by atoms with Crippen LogP contribution in [-0.4, -0.2) is 58.6 Å². The number of ether oxygens (including phenoxy) is 1. The SMILES string of the molecule is COC1CCCN(c2nc(-c3ccncc3)nc3c2CCN(C(C)=O)C3)C1. The fourth-order valence-electron chi connectivity index (χ4n) is 3.89. The second kappa shape index (κ2) is 7.60. The lowest BCUT2D eigenvalue weighted by Gasteiger charge is -2.36. The van der Waals surface area contributed by atoms with E-state index >= 15 is 0 Å². The van der Waals surface area contributed by atoms with Gasteiger partial charge in [0.1, 0.15) is 5.82 Å². The number of amides is 1. The number of aromatic nitrogens is 3. The average Bonchev–Trinajstić information content (AvgIpc) is 2.73. The largest absolute Gasteiger partial charge is 0.380 e. The van der Waals surface area contributed by atoms with Crippen LogP contribution in [0.2, 0.25) is 0 Å². The Labute approximate surface area is 159 Å². The van der Waals surface area contributed by atoms with Crippen molar-refractivity contribution in [2.24, 2.45) is 0 Å². The fraction of sp³-hybridized carbons (Fsp3) is 0.500. The maximum Gasteiger partial charge on any atom is 0.219 e. The van der Waals surface area contributed by atoms with Crippen LogP contribution in [0.1, 0.15) is 31.0 Å². The number of hydrogen-bond acceptors (Lipinski definition) is 6. The first kappa shape index (κ1) is 17.9. The summed E-state index contributed by atoms with van der Waals surface area (Å²) >= 11 is 0. The summed E-state index contributed by atoms with van der Waals surface area (Å²) in [6, 6.07) is 3.84. The van der Waals surface area contributed by atoms with E-state index in [-0.39, 0.29) is 12.0 Å². The van der Waals surface area contributed by atoms with Gasteiger partial charge in [-0.25, -0.2) is 9.97 Å². The van der Waals surface area contributed by atoms with Gasteiger partial charge >= 0.3 is 0 Å². The molecule has 1 saturated heterocycles. The highest BCUT2D eigenvalue weighted by molar-refractivity contribution is 5.74. The highest BCUT2D eigenvalue weighted by Crippen LogP contribution is 2.31. The smallest absolute Gasteiger partial charge is 0.219 e. The standard InChI is InChI=1S/C20H25N5O2/c1-14(26)24-11-7-17-18(13-24)22-19(15-5-8-21-9-6-15)23-20(17)25-10-3-4-16(12-25)27-2/h5-6,8-9,16H,3-4,7,10-13H2,1-2H3. The molecule has 7 heteroatoms. The van der Waals surface area contributed by atoms with Crippen molar-refractivity contribution < 1.29 is 9.53 Å². The number of pyridine rings is 1. The van der Waals surface area contributed by atoms with E-state index in [9.17, 15) is 4.79 Å². The van der Waals surface area contributed by atoms with Gasteiger partial charge in [0.15, 0.2) is 5.82 Å². The average molecular weight is 367 g/mol. The van der Waals surface area contributed by atoms with E-state index in [4.69, 9.17) is 14.7 Å². The van der Waals surface area contributed by atoms with Crippen LogP contribution in [0.4, 0.5) is 5.82 Å². The van der Waals surface area contributed by atoms with Crippen molar-refractivity contribution in [1.29, 1.82) is 0 Å². The Balaban J connectivity index is 1.77. The summed E-state index contributed by atoms with van der Waals surface area (Å²) < 4.78 is 5.60. The zero-order chi connectivity index (χ0) is 18.8. The van der Waals surface area contributed by atoms with Crippen LogP contribution in [-0.2, 0) is 22.5 Å². The molecule has 0 spiro atoms. The Morgan fingerprint density at radius 1 is 1.22 bits per heavy atom. The molecular weight excluding hydrogens is 342 g/mol. The van der Waals surface area contributed by atoms with Crippen molar-refractivity contribution in [3.8, 4) is 11.4 Å². The molecule has 0 bridgehead atoms. The molecule has 1 atom stereocenters. The Morgan fingerprint density at radius 3 is 2.78 bits per heavy atom. The van der Waals surface area contributed by atoms with Crippen molar-refractivity contribution in [2.75, 3.05) is 31.6 Å². The molecule has 0 aliphatic carbocycles. The van der Waals surface area contributed by atoms with Gasteiger partial charge in [0, 0.05) is 57.2 Å². The maximum absolute atomic E-state index is 11.9. The lowest BCUT2D eigenvalue weighted by molar-refractivity contribution is -0.129. The predicted octanol–water partition coefficient (Wildman–Crippen LogP) is 2.06. The van der Waals surface area contributed by atoms with E-state index in [1.54, 1.807) is 26.4 Å². The molecule has 1 fully saturated rings. The van der Waals surface area contributed by atoms with Crippen LogP contribution >= 0.6 is 0 Å². The van der Waals surface area contributed by atoms with Crippen LogP contribution in [0.5, 0.6) is 0 Å². The topological polar surface area (TPSA) is 71.5 Å². The summed E-state index contributed by atoms with van der Waals surface area (Å²) in [7, 11) is 1.77. The Hall–Kier alpha value is -2.54. The summed E-state index contributed by atoms with van der Waals surface area (Å²) in [5.74, 6) is 1.77. The van der Waals surface area contributed by atoms with E-state index in [2.05, 4.69) is 9.88 Å². The van der Waals surface area contributed by atoms with Gasteiger partial charge in [0.2, 0.25) is 5.91 Å². The second-order valence-corrected chi connectivity index (χ2v) is 7.17. The molecule has 4 rings (SSSR count). The normalized spacial score (nSPS) is 19.7. The lowest BCUT2D eigenvalue weighted by atomic mass is 10.0. The minimum atomic E-state index is 0.0868. The molecule has 0 saturated carbocycles. The number of anilines is 1. The van der Waals surface area contributed by atoms with E-state index < -0.39 is 0 Å². The molecule has 7 nitrogen and oxygen atoms in total. The molecule has 2 aromatic heterocycles. The highest BCUT2D eigenvalue weighted by Gasteiger charge is 2.29. The van der Waals surface area contributed by atoms with E-state index in [1.807, 2.05) is 17.0 Å². The Morgan fingerprint density at radius 2 is 2.04 bits per heavy atom. The Kier molecular flexibility index (Phi) is 5.03. The van der Waals surface area contributed by atoms with E-state index in [1.165, 1.54) is 5.56 Å². The first-order chi connectivity index (χ1) is 13.2. The number of fused-ring (bicyclic) bond motifs is 1. The molecule has 27 heavy (non-hydrogen) atoms. The van der Waals surface area contributed by atoms with E-state index in [0.29, 0.717) is 12.4 Å². The van der Waals surface area contributed by atoms with Gasteiger partial charge in [-0.2, -0.15) is 0 Å². The zero-order valence-electron chi connectivity index (χ0n) is 15.9. The first-order valence-corrected chi connectivity index (χ1v) is 9.49. The van der Waals surface area contributed by atoms with Crippen molar-refractivity contribution in [3.63, 3.8) is 0 Å². The van der Waals surface area contributed by atoms with Gasteiger partial charge in [-0.05, 0) is 31.4 Å². The van der Waals surface area contributed by atoms with Crippen LogP contribution in [0.15, 0.2) is 24.5 Å². The number of carbonyl (C=O) groups excluding carboxylic acids is 1. The summed E-state index contributed by atoms with van der Waals surface area (Å²) in [6.45, 7) is 4.68. The zero-order valence-corrected chi connectivity index (χ0v) is 15.9. The molecule has 0 N–H and O–H groups in total. The van der Waals surface area contributed by atoms with Gasteiger partial charge in [-0.3, -0.25) is 9.78 Å². The van der Waals surface area contributed by atoms with Crippen LogP contribution in [0.25, 0.3) is 11.4 Å². The van der Waals surface area contributed by atoms with Crippen LogP contribution < -0.4 is 4.90 Å². The molecular formula is C20H25N5O2. The number of hydrogen-bond donors (Lipinski definition) is 0. The molecule has 4 heterocycles. The summed E-state index contributed by atoms with van der Waals surface area (Å²) in [5, 5.41) is 0. The van der Waals surface area contributed by atoms with Crippen molar-refractivity contribution in [1.82, 2.24) is 19.9 Å². The van der Waals surface area contributed by atoms with Gasteiger partial charge in [0.25, 0.3) is 0 Å². The Bertz CT molecular complexity index is 827. The van der Waals surface area contributed by atoms with Gasteiger partial charge in [-0.15, -0.1) is 0 Å². The minimum Gasteiger partial charge on any atom is -0.380 e. The van der Waals surface area contributed by atoms with E-state index in [0.717, 1.165) is 56.0 Å². The number of nitrogens with zero attached hydrogens (tertiary/aromatic N) is 5. The van der Waals surface area contributed by atoms with Gasteiger partial charge in [-0.1, -0.05) is 0 Å². The molecule has 2 aliphatic heterocycles. The first-order valence-electron chi connectivity index (χ1n) is 9.49. The molecule has 1 unspecified atom stereocenters. The summed E-state index contributed by atoms with van der Waals surface area (Å²) in [4.78, 5) is 29.9. The van der Waals surface area contributed by atoms with Crippen molar-refractivity contribution >= 4 is 11.7 Å². The third kappa shape index (κ3) is 3.64. The highest BCUT2D eigenvalue weighted by atomic mass is 16.5. The third-order valence-electron chi connectivity index (χ3n) is 5.44. The molecule has 1 amide bonds. The third-order valence-corrected chi connectivity index (χ3v) is 5.44. The summed E-state index contributed by atoms with van der Waals surface area (Å²) in [6.07, 6.45) is 6.68. The molecule has 2 aliphatic rings. The summed E-state index contributed by atoms with van der Waals surface area (Å²) in [5.41, 5.74) is 3.06. The van der Waals surface area contributed by atoms with Crippen LogP contribution in [0, 0.1) is 0 Å². The number of rotatable bonds is 3. The minimum absolute atomic E-state index is 0.0868. The number of methoxy groups -OCH3 is 1. The molecule has 0 aromatic carbocycles.